The Kier molecular flexibility index (Phi) is 4.01. The summed E-state index contributed by atoms with van der Waals surface area (Å²) in [7, 11) is 0. The first-order valence-electron chi connectivity index (χ1n) is 3.53. The maximum atomic E-state index is 12.4. The number of halogens is 4. The van der Waals surface area contributed by atoms with Crippen molar-refractivity contribution in [1.82, 2.24) is 4.98 Å². The SMILES string of the molecule is N#Cc1c(C(F)F)cnc(I)c1CCl. The van der Waals surface area contributed by atoms with Gasteiger partial charge in [0.1, 0.15) is 9.77 Å². The molecular formula is C8H4ClF2IN2. The van der Waals surface area contributed by atoms with E-state index in [-0.39, 0.29) is 17.0 Å². The zero-order valence-corrected chi connectivity index (χ0v) is 9.68. The number of alkyl halides is 3. The largest absolute Gasteiger partial charge is 0.266 e. The summed E-state index contributed by atoms with van der Waals surface area (Å²) in [6, 6.07) is 1.73. The second kappa shape index (κ2) is 4.84. The monoisotopic (exact) mass is 328 g/mol. The molecule has 0 atom stereocenters. The van der Waals surface area contributed by atoms with Crippen molar-refractivity contribution < 1.29 is 8.78 Å². The van der Waals surface area contributed by atoms with Crippen LogP contribution in [0.15, 0.2) is 6.20 Å². The molecule has 0 N–H and O–H groups in total. The summed E-state index contributed by atoms with van der Waals surface area (Å²) in [6.07, 6.45) is -1.68. The van der Waals surface area contributed by atoms with Crippen molar-refractivity contribution in [2.75, 3.05) is 0 Å². The van der Waals surface area contributed by atoms with E-state index in [1.807, 2.05) is 22.6 Å². The van der Waals surface area contributed by atoms with E-state index in [9.17, 15) is 8.78 Å². The van der Waals surface area contributed by atoms with Crippen LogP contribution in [0.4, 0.5) is 8.78 Å². The van der Waals surface area contributed by atoms with Gasteiger partial charge in [-0.2, -0.15) is 5.26 Å². The molecule has 6 heteroatoms. The van der Waals surface area contributed by atoms with Crippen LogP contribution >= 0.6 is 34.2 Å². The Morgan fingerprint density at radius 2 is 2.29 bits per heavy atom. The average Bonchev–Trinajstić information content (AvgIpc) is 2.16. The van der Waals surface area contributed by atoms with Crippen LogP contribution in [0.25, 0.3) is 0 Å². The summed E-state index contributed by atoms with van der Waals surface area (Å²) in [6.45, 7) is 0. The van der Waals surface area contributed by atoms with Crippen molar-refractivity contribution in [3.8, 4) is 6.07 Å². The van der Waals surface area contributed by atoms with E-state index < -0.39 is 6.43 Å². The predicted octanol–water partition coefficient (Wildman–Crippen LogP) is 3.23. The lowest BCUT2D eigenvalue weighted by Gasteiger charge is -2.07. The fourth-order valence-corrected chi connectivity index (χ4v) is 2.05. The maximum absolute atomic E-state index is 12.4. The highest BCUT2D eigenvalue weighted by Crippen LogP contribution is 2.27. The number of rotatable bonds is 2. The van der Waals surface area contributed by atoms with E-state index >= 15 is 0 Å². The highest BCUT2D eigenvalue weighted by molar-refractivity contribution is 14.1. The summed E-state index contributed by atoms with van der Waals surface area (Å²) in [5.74, 6) is 0.00866. The minimum Gasteiger partial charge on any atom is -0.249 e. The molecule has 0 bridgehead atoms. The van der Waals surface area contributed by atoms with Gasteiger partial charge in [-0.1, -0.05) is 0 Å². The molecule has 0 fully saturated rings. The fraction of sp³-hybridized carbons (Fsp3) is 0.250. The molecule has 0 aliphatic carbocycles. The Balaban J connectivity index is 3.43. The van der Waals surface area contributed by atoms with Crippen molar-refractivity contribution >= 4 is 34.2 Å². The van der Waals surface area contributed by atoms with Gasteiger partial charge in [-0.3, -0.25) is 0 Å². The van der Waals surface area contributed by atoms with Gasteiger partial charge in [-0.05, 0) is 22.6 Å². The fourth-order valence-electron chi connectivity index (χ4n) is 0.965. The van der Waals surface area contributed by atoms with Gasteiger partial charge in [0.05, 0.1) is 17.0 Å². The normalized spacial score (nSPS) is 10.3. The summed E-state index contributed by atoms with van der Waals surface area (Å²) >= 11 is 7.41. The van der Waals surface area contributed by atoms with Gasteiger partial charge in [0.2, 0.25) is 0 Å². The highest BCUT2D eigenvalue weighted by atomic mass is 127. The summed E-state index contributed by atoms with van der Waals surface area (Å²) in [5.41, 5.74) is -0.0504. The number of hydrogen-bond acceptors (Lipinski definition) is 2. The van der Waals surface area contributed by atoms with Crippen LogP contribution in [0.1, 0.15) is 23.1 Å². The van der Waals surface area contributed by atoms with Crippen LogP contribution in [0.5, 0.6) is 0 Å². The van der Waals surface area contributed by atoms with Gasteiger partial charge in [0, 0.05) is 11.8 Å². The first kappa shape index (κ1) is 11.6. The Bertz CT molecular complexity index is 390. The number of aromatic nitrogens is 1. The predicted molar refractivity (Wildman–Crippen MR) is 56.2 cm³/mol. The average molecular weight is 328 g/mol. The molecule has 0 unspecified atom stereocenters. The van der Waals surface area contributed by atoms with Crippen molar-refractivity contribution in [3.63, 3.8) is 0 Å². The minimum atomic E-state index is -2.70. The van der Waals surface area contributed by atoms with Gasteiger partial charge >= 0.3 is 0 Å². The van der Waals surface area contributed by atoms with Crippen LogP contribution in [-0.2, 0) is 5.88 Å². The molecular weight excluding hydrogens is 324 g/mol. The van der Waals surface area contributed by atoms with Crippen LogP contribution < -0.4 is 0 Å². The van der Waals surface area contributed by atoms with Gasteiger partial charge < -0.3 is 0 Å². The molecule has 1 rings (SSSR count). The molecule has 2 nitrogen and oxygen atoms in total. The highest BCUT2D eigenvalue weighted by Gasteiger charge is 2.18. The zero-order chi connectivity index (χ0) is 10.7. The Labute approximate surface area is 98.0 Å². The van der Waals surface area contributed by atoms with Gasteiger partial charge in [-0.15, -0.1) is 11.6 Å². The van der Waals surface area contributed by atoms with Crippen molar-refractivity contribution in [1.29, 1.82) is 5.26 Å². The summed E-state index contributed by atoms with van der Waals surface area (Å²) in [4.78, 5) is 3.75. The smallest absolute Gasteiger partial charge is 0.249 e. The van der Waals surface area contributed by atoms with E-state index in [4.69, 9.17) is 16.9 Å². The van der Waals surface area contributed by atoms with Gasteiger partial charge in [0.15, 0.2) is 0 Å². The molecule has 0 aromatic carbocycles. The third kappa shape index (κ3) is 2.12. The van der Waals surface area contributed by atoms with Crippen molar-refractivity contribution in [2.24, 2.45) is 0 Å². The number of nitrogens with zero attached hydrogens (tertiary/aromatic N) is 2. The lowest BCUT2D eigenvalue weighted by atomic mass is 10.1. The Hall–Kier alpha value is -0.480. The molecule has 74 valence electrons. The lowest BCUT2D eigenvalue weighted by Crippen LogP contribution is -2.01. The second-order valence-corrected chi connectivity index (χ2v) is 3.69. The van der Waals surface area contributed by atoms with Crippen molar-refractivity contribution in [2.45, 2.75) is 12.3 Å². The van der Waals surface area contributed by atoms with Gasteiger partial charge in [-0.25, -0.2) is 13.8 Å². The molecule has 0 amide bonds. The second-order valence-electron chi connectivity index (χ2n) is 2.40. The van der Waals surface area contributed by atoms with E-state index in [1.54, 1.807) is 6.07 Å². The van der Waals surface area contributed by atoms with E-state index in [0.29, 0.717) is 9.26 Å². The molecule has 0 aliphatic rings. The zero-order valence-electron chi connectivity index (χ0n) is 6.77. The number of pyridine rings is 1. The molecule has 1 heterocycles. The first-order valence-corrected chi connectivity index (χ1v) is 5.14. The Morgan fingerprint density at radius 1 is 1.64 bits per heavy atom. The van der Waals surface area contributed by atoms with E-state index in [1.165, 1.54) is 0 Å². The molecule has 1 aromatic rings. The maximum Gasteiger partial charge on any atom is 0.266 e. The van der Waals surface area contributed by atoms with Crippen LogP contribution in [0, 0.1) is 15.0 Å². The third-order valence-corrected chi connectivity index (χ3v) is 2.83. The molecule has 0 saturated carbocycles. The first-order chi connectivity index (χ1) is 6.61. The number of hydrogen-bond donors (Lipinski definition) is 0. The summed E-state index contributed by atoms with van der Waals surface area (Å²) in [5, 5.41) is 8.73. The van der Waals surface area contributed by atoms with E-state index in [0.717, 1.165) is 6.20 Å². The van der Waals surface area contributed by atoms with Crippen LogP contribution in [0.2, 0.25) is 0 Å². The molecule has 14 heavy (non-hydrogen) atoms. The molecule has 0 spiro atoms. The molecule has 0 radical (unpaired) electrons. The molecule has 0 aliphatic heterocycles. The molecule has 0 saturated heterocycles. The van der Waals surface area contributed by atoms with Crippen LogP contribution in [-0.4, -0.2) is 4.98 Å². The standard InChI is InChI=1S/C8H4ClF2IN2/c9-1-4-5(2-13)6(7(10)11)3-14-8(4)12/h3,7H,1H2. The van der Waals surface area contributed by atoms with Gasteiger partial charge in [0.25, 0.3) is 6.43 Å². The lowest BCUT2D eigenvalue weighted by molar-refractivity contribution is 0.150. The summed E-state index contributed by atoms with van der Waals surface area (Å²) < 4.78 is 25.3. The molecule has 1 aromatic heterocycles. The van der Waals surface area contributed by atoms with E-state index in [2.05, 4.69) is 4.98 Å². The quantitative estimate of drug-likeness (QED) is 0.475. The Morgan fingerprint density at radius 3 is 2.71 bits per heavy atom. The minimum absolute atomic E-state index is 0.00866. The van der Waals surface area contributed by atoms with Crippen LogP contribution in [0.3, 0.4) is 0 Å². The van der Waals surface area contributed by atoms with Crippen molar-refractivity contribution in [3.05, 3.63) is 26.6 Å². The number of nitriles is 1. The third-order valence-electron chi connectivity index (χ3n) is 1.64. The topological polar surface area (TPSA) is 36.7 Å².